The molecule has 0 bridgehead atoms. The van der Waals surface area contributed by atoms with E-state index in [9.17, 15) is 10.1 Å². The molecular weight excluding hydrogens is 442 g/mol. The number of nitro groups is 1. The minimum atomic E-state index is -0.370. The number of hydrazone groups is 1. The average Bonchev–Trinajstić information content (AvgIpc) is 3.40. The van der Waals surface area contributed by atoms with Crippen LogP contribution in [0.25, 0.3) is 0 Å². The summed E-state index contributed by atoms with van der Waals surface area (Å²) in [6.07, 6.45) is 2.59. The number of rotatable bonds is 5. The van der Waals surface area contributed by atoms with Gasteiger partial charge in [0.15, 0.2) is 11.5 Å². The molecule has 0 radical (unpaired) electrons. The Balaban J connectivity index is 1.67. The molecule has 3 heterocycles. The van der Waals surface area contributed by atoms with Crippen LogP contribution in [0.15, 0.2) is 35.4 Å². The molecule has 0 saturated heterocycles. The molecule has 33 heavy (non-hydrogen) atoms. The van der Waals surface area contributed by atoms with E-state index in [0.29, 0.717) is 23.4 Å². The minimum Gasteiger partial charge on any atom is -0.454 e. The van der Waals surface area contributed by atoms with Crippen LogP contribution in [0.5, 0.6) is 11.5 Å². The maximum Gasteiger partial charge on any atom is 0.272 e. The number of anilines is 1. The second-order valence-electron chi connectivity index (χ2n) is 8.20. The Labute approximate surface area is 194 Å². The topological polar surface area (TPSA) is 103 Å². The number of aromatic nitrogens is 2. The summed E-state index contributed by atoms with van der Waals surface area (Å²) in [4.78, 5) is 11.0. The lowest BCUT2D eigenvalue weighted by atomic mass is 9.93. The van der Waals surface area contributed by atoms with Crippen molar-refractivity contribution in [2.75, 3.05) is 11.8 Å². The molecule has 3 aromatic rings. The molecule has 0 fully saturated rings. The molecule has 0 saturated carbocycles. The first-order valence-corrected chi connectivity index (χ1v) is 11.6. The molecule has 9 nitrogen and oxygen atoms in total. The van der Waals surface area contributed by atoms with Gasteiger partial charge in [-0.25, -0.2) is 5.01 Å². The molecular formula is C23H23N5O4S. The van der Waals surface area contributed by atoms with Crippen LogP contribution in [0.3, 0.4) is 0 Å². The molecule has 1 aromatic heterocycles. The van der Waals surface area contributed by atoms with Gasteiger partial charge in [-0.2, -0.15) is 5.10 Å². The summed E-state index contributed by atoms with van der Waals surface area (Å²) >= 11 is 1.54. The van der Waals surface area contributed by atoms with Gasteiger partial charge in [-0.15, -0.1) is 10.2 Å². The summed E-state index contributed by atoms with van der Waals surface area (Å²) in [6, 6.07) is 9.06. The van der Waals surface area contributed by atoms with Crippen molar-refractivity contribution in [1.29, 1.82) is 0 Å². The van der Waals surface area contributed by atoms with Crippen LogP contribution < -0.4 is 14.5 Å². The summed E-state index contributed by atoms with van der Waals surface area (Å²) in [6.45, 7) is 6.14. The van der Waals surface area contributed by atoms with E-state index in [1.54, 1.807) is 24.3 Å². The maximum absolute atomic E-state index is 11.3. The standard InChI is InChI=1S/C23H23N5O4S/c1-4-5-21-24-25-23(33-21)27-14(3)9-16-10-19-20(32-12-31-19)11-17(16)22(26-27)15-6-7-18(28(29)30)13(2)8-15/h6-8,10-11,14H,4-5,9,12H2,1-3H3. The van der Waals surface area contributed by atoms with Gasteiger partial charge in [-0.1, -0.05) is 18.3 Å². The van der Waals surface area contributed by atoms with E-state index in [4.69, 9.17) is 14.6 Å². The summed E-state index contributed by atoms with van der Waals surface area (Å²) in [5, 5.41) is 28.8. The Morgan fingerprint density at radius 3 is 2.73 bits per heavy atom. The lowest BCUT2D eigenvalue weighted by Gasteiger charge is -2.21. The van der Waals surface area contributed by atoms with E-state index < -0.39 is 0 Å². The van der Waals surface area contributed by atoms with Crippen LogP contribution in [-0.4, -0.2) is 33.7 Å². The van der Waals surface area contributed by atoms with Crippen LogP contribution in [0.2, 0.25) is 0 Å². The number of nitrogens with zero attached hydrogens (tertiary/aromatic N) is 5. The van der Waals surface area contributed by atoms with E-state index in [-0.39, 0.29) is 23.4 Å². The number of aryl methyl sites for hydroxylation is 2. The molecule has 1 atom stereocenters. The minimum absolute atomic E-state index is 0.0168. The third-order valence-corrected chi connectivity index (χ3v) is 6.75. The van der Waals surface area contributed by atoms with Crippen LogP contribution in [-0.2, 0) is 12.8 Å². The van der Waals surface area contributed by atoms with Crippen LogP contribution in [0.4, 0.5) is 10.8 Å². The zero-order valence-electron chi connectivity index (χ0n) is 18.6. The number of hydrogen-bond acceptors (Lipinski definition) is 9. The van der Waals surface area contributed by atoms with E-state index in [1.165, 1.54) is 6.07 Å². The second-order valence-corrected chi connectivity index (χ2v) is 9.24. The SMILES string of the molecule is CCCc1nnc(N2N=C(c3ccc([N+](=O)[O-])c(C)c3)c3cc4c(cc3CC2C)OCO4)s1. The van der Waals surface area contributed by atoms with Crippen molar-refractivity contribution in [3.05, 3.63) is 67.7 Å². The number of ether oxygens (including phenoxy) is 2. The highest BCUT2D eigenvalue weighted by atomic mass is 32.1. The Morgan fingerprint density at radius 2 is 2.00 bits per heavy atom. The Hall–Kier alpha value is -3.53. The van der Waals surface area contributed by atoms with Crippen LogP contribution >= 0.6 is 11.3 Å². The third-order valence-electron chi connectivity index (χ3n) is 5.78. The van der Waals surface area contributed by atoms with Gasteiger partial charge in [0, 0.05) is 29.2 Å². The van der Waals surface area contributed by atoms with Crippen molar-refractivity contribution in [2.24, 2.45) is 5.10 Å². The van der Waals surface area contributed by atoms with E-state index in [1.807, 2.05) is 23.2 Å². The monoisotopic (exact) mass is 465 g/mol. The molecule has 2 aliphatic rings. The second kappa shape index (κ2) is 8.43. The van der Waals surface area contributed by atoms with Crippen molar-refractivity contribution < 1.29 is 14.4 Å². The van der Waals surface area contributed by atoms with Crippen molar-refractivity contribution in [3.63, 3.8) is 0 Å². The molecule has 10 heteroatoms. The Kier molecular flexibility index (Phi) is 5.45. The van der Waals surface area contributed by atoms with E-state index in [2.05, 4.69) is 24.0 Å². The lowest BCUT2D eigenvalue weighted by molar-refractivity contribution is -0.385. The molecule has 1 unspecified atom stereocenters. The van der Waals surface area contributed by atoms with Gasteiger partial charge < -0.3 is 9.47 Å². The third kappa shape index (κ3) is 3.91. The van der Waals surface area contributed by atoms with Crippen molar-refractivity contribution in [1.82, 2.24) is 10.2 Å². The predicted molar refractivity (Wildman–Crippen MR) is 126 cm³/mol. The molecule has 0 N–H and O–H groups in total. The smallest absolute Gasteiger partial charge is 0.272 e. The fourth-order valence-electron chi connectivity index (χ4n) is 4.14. The van der Waals surface area contributed by atoms with E-state index in [0.717, 1.165) is 45.4 Å². The molecule has 2 aliphatic heterocycles. The summed E-state index contributed by atoms with van der Waals surface area (Å²) in [5.41, 5.74) is 4.14. The lowest BCUT2D eigenvalue weighted by Crippen LogP contribution is -2.29. The maximum atomic E-state index is 11.3. The highest BCUT2D eigenvalue weighted by Crippen LogP contribution is 2.39. The molecule has 0 aliphatic carbocycles. The summed E-state index contributed by atoms with van der Waals surface area (Å²) in [7, 11) is 0. The number of benzene rings is 2. The Bertz CT molecular complexity index is 1270. The van der Waals surface area contributed by atoms with Gasteiger partial charge in [-0.05, 0) is 56.5 Å². The molecule has 0 spiro atoms. The number of nitro benzene ring substituents is 1. The van der Waals surface area contributed by atoms with Crippen molar-refractivity contribution >= 4 is 27.9 Å². The highest BCUT2D eigenvalue weighted by Gasteiger charge is 2.29. The fourth-order valence-corrected chi connectivity index (χ4v) is 5.14. The van der Waals surface area contributed by atoms with Gasteiger partial charge in [-0.3, -0.25) is 10.1 Å². The molecule has 2 aromatic carbocycles. The van der Waals surface area contributed by atoms with Gasteiger partial charge in [0.25, 0.3) is 5.69 Å². The predicted octanol–water partition coefficient (Wildman–Crippen LogP) is 4.64. The quantitative estimate of drug-likeness (QED) is 0.399. The molecule has 0 amide bonds. The first-order valence-electron chi connectivity index (χ1n) is 10.8. The van der Waals surface area contributed by atoms with Crippen molar-refractivity contribution in [2.45, 2.75) is 46.1 Å². The zero-order valence-corrected chi connectivity index (χ0v) is 19.4. The van der Waals surface area contributed by atoms with Crippen LogP contribution in [0.1, 0.15) is 47.5 Å². The van der Waals surface area contributed by atoms with Gasteiger partial charge >= 0.3 is 0 Å². The number of fused-ring (bicyclic) bond motifs is 2. The largest absolute Gasteiger partial charge is 0.454 e. The van der Waals surface area contributed by atoms with E-state index >= 15 is 0 Å². The first-order chi connectivity index (χ1) is 15.9. The summed E-state index contributed by atoms with van der Waals surface area (Å²) in [5.74, 6) is 1.39. The fraction of sp³-hybridized carbons (Fsp3) is 0.348. The highest BCUT2D eigenvalue weighted by molar-refractivity contribution is 7.15. The van der Waals surface area contributed by atoms with Gasteiger partial charge in [0.05, 0.1) is 16.7 Å². The Morgan fingerprint density at radius 1 is 1.21 bits per heavy atom. The average molecular weight is 466 g/mol. The number of hydrogen-bond donors (Lipinski definition) is 0. The normalized spacial score (nSPS) is 16.9. The van der Waals surface area contributed by atoms with Gasteiger partial charge in [0.1, 0.15) is 5.01 Å². The first kappa shape index (κ1) is 21.3. The summed E-state index contributed by atoms with van der Waals surface area (Å²) < 4.78 is 11.2. The van der Waals surface area contributed by atoms with Gasteiger partial charge in [0.2, 0.25) is 11.9 Å². The van der Waals surface area contributed by atoms with Crippen molar-refractivity contribution in [3.8, 4) is 11.5 Å². The molecule has 170 valence electrons. The zero-order chi connectivity index (χ0) is 23.1. The molecule has 5 rings (SSSR count). The van der Waals surface area contributed by atoms with Crippen LogP contribution in [0, 0.1) is 17.0 Å².